The molecule has 0 bridgehead atoms. The molecule has 0 spiro atoms. The molecule has 0 radical (unpaired) electrons. The molecule has 4 nitrogen and oxygen atoms in total. The van der Waals surface area contributed by atoms with Crippen molar-refractivity contribution in [1.29, 1.82) is 0 Å². The summed E-state index contributed by atoms with van der Waals surface area (Å²) in [4.78, 5) is 6.67. The van der Waals surface area contributed by atoms with E-state index in [0.717, 1.165) is 22.6 Å². The molecule has 0 aliphatic rings. The molecule has 2 N–H and O–H groups in total. The third-order valence-corrected chi connectivity index (χ3v) is 3.33. The van der Waals surface area contributed by atoms with E-state index in [0.29, 0.717) is 12.2 Å². The Kier molecular flexibility index (Phi) is 3.35. The number of fused-ring (bicyclic) bond motifs is 1. The molecule has 21 heavy (non-hydrogen) atoms. The second kappa shape index (κ2) is 5.18. The maximum atomic E-state index is 13.5. The molecule has 0 fully saturated rings. The summed E-state index contributed by atoms with van der Waals surface area (Å²) >= 11 is 0. The van der Waals surface area contributed by atoms with E-state index in [2.05, 4.69) is 4.98 Å². The van der Waals surface area contributed by atoms with Crippen LogP contribution >= 0.6 is 0 Å². The van der Waals surface area contributed by atoms with Gasteiger partial charge in [0, 0.05) is 24.0 Å². The van der Waals surface area contributed by atoms with Crippen molar-refractivity contribution >= 4 is 11.3 Å². The molecule has 0 saturated heterocycles. The van der Waals surface area contributed by atoms with Crippen molar-refractivity contribution in [3.63, 3.8) is 0 Å². The minimum absolute atomic E-state index is 0.274. The fourth-order valence-electron chi connectivity index (χ4n) is 2.39. The average molecular weight is 284 g/mol. The van der Waals surface area contributed by atoms with Gasteiger partial charge in [0.05, 0.1) is 11.4 Å². The zero-order valence-corrected chi connectivity index (χ0v) is 12.0. The van der Waals surface area contributed by atoms with Crippen LogP contribution in [0.3, 0.4) is 0 Å². The maximum Gasteiger partial charge on any atom is 0.139 e. The lowest BCUT2D eigenvalue weighted by atomic mass is 10.1. The molecule has 0 aliphatic carbocycles. The van der Waals surface area contributed by atoms with Crippen molar-refractivity contribution in [2.75, 3.05) is 19.8 Å². The van der Waals surface area contributed by atoms with Crippen molar-refractivity contribution in [2.45, 2.75) is 6.54 Å². The van der Waals surface area contributed by atoms with Crippen LogP contribution in [0, 0.1) is 5.82 Å². The van der Waals surface area contributed by atoms with Gasteiger partial charge < -0.3 is 10.6 Å². The Morgan fingerprint density at radius 3 is 2.52 bits per heavy atom. The highest BCUT2D eigenvalue weighted by atomic mass is 19.1. The van der Waals surface area contributed by atoms with Gasteiger partial charge in [-0.2, -0.15) is 0 Å². The summed E-state index contributed by atoms with van der Waals surface area (Å²) in [5.74, 6) is -0.274. The molecule has 0 saturated carbocycles. The van der Waals surface area contributed by atoms with Gasteiger partial charge in [-0.15, -0.1) is 0 Å². The molecule has 3 rings (SSSR count). The van der Waals surface area contributed by atoms with Crippen LogP contribution < -0.4 is 5.73 Å². The highest BCUT2D eigenvalue weighted by Crippen LogP contribution is 2.26. The number of nitrogen functional groups attached to an aromatic ring is 1. The highest BCUT2D eigenvalue weighted by molar-refractivity contribution is 5.68. The number of imidazole rings is 1. The van der Waals surface area contributed by atoms with Gasteiger partial charge in [-0.1, -0.05) is 12.1 Å². The summed E-state index contributed by atoms with van der Waals surface area (Å²) in [7, 11) is 3.96. The summed E-state index contributed by atoms with van der Waals surface area (Å²) in [5.41, 5.74) is 9.97. The van der Waals surface area contributed by atoms with Gasteiger partial charge in [0.1, 0.15) is 11.5 Å². The molecule has 2 aromatic heterocycles. The van der Waals surface area contributed by atoms with Crippen LogP contribution in [0.25, 0.3) is 16.9 Å². The SMILES string of the molecule is CN(C)Cc1c(-c2ccc(N)cc2)nc2ccc(F)cn12. The first kappa shape index (κ1) is 13.6. The van der Waals surface area contributed by atoms with E-state index in [1.807, 2.05) is 43.3 Å². The van der Waals surface area contributed by atoms with Gasteiger partial charge in [0.15, 0.2) is 0 Å². The van der Waals surface area contributed by atoms with Gasteiger partial charge >= 0.3 is 0 Å². The highest BCUT2D eigenvalue weighted by Gasteiger charge is 2.15. The van der Waals surface area contributed by atoms with Gasteiger partial charge in [0.2, 0.25) is 0 Å². The first-order chi connectivity index (χ1) is 10.0. The minimum Gasteiger partial charge on any atom is -0.399 e. The number of pyridine rings is 1. The zero-order chi connectivity index (χ0) is 15.0. The Bertz CT molecular complexity index is 775. The zero-order valence-electron chi connectivity index (χ0n) is 12.0. The molecule has 1 aromatic carbocycles. The quantitative estimate of drug-likeness (QED) is 0.752. The monoisotopic (exact) mass is 284 g/mol. The Hall–Kier alpha value is -2.40. The lowest BCUT2D eigenvalue weighted by Gasteiger charge is -2.11. The van der Waals surface area contributed by atoms with E-state index >= 15 is 0 Å². The smallest absolute Gasteiger partial charge is 0.139 e. The van der Waals surface area contributed by atoms with Gasteiger partial charge in [-0.3, -0.25) is 4.40 Å². The summed E-state index contributed by atoms with van der Waals surface area (Å²) in [6, 6.07) is 10.7. The molecule has 3 aromatic rings. The number of nitrogens with two attached hydrogens (primary N) is 1. The molecule has 2 heterocycles. The van der Waals surface area contributed by atoms with Crippen LogP contribution in [-0.4, -0.2) is 28.4 Å². The number of aromatic nitrogens is 2. The molecular weight excluding hydrogens is 267 g/mol. The van der Waals surface area contributed by atoms with E-state index < -0.39 is 0 Å². The molecule has 0 amide bonds. The van der Waals surface area contributed by atoms with Crippen molar-refractivity contribution < 1.29 is 4.39 Å². The van der Waals surface area contributed by atoms with Gasteiger partial charge in [0.25, 0.3) is 0 Å². The standard InChI is InChI=1S/C16H17FN4/c1-20(2)10-14-16(11-3-6-13(18)7-4-11)19-15-8-5-12(17)9-21(14)15/h3-9H,10,18H2,1-2H3. The van der Waals surface area contributed by atoms with Crippen LogP contribution in [-0.2, 0) is 6.54 Å². The van der Waals surface area contributed by atoms with Crippen LogP contribution in [0.4, 0.5) is 10.1 Å². The molecule has 108 valence electrons. The average Bonchev–Trinajstić information content (AvgIpc) is 2.77. The number of benzene rings is 1. The van der Waals surface area contributed by atoms with Gasteiger partial charge in [-0.25, -0.2) is 9.37 Å². The first-order valence-corrected chi connectivity index (χ1v) is 6.72. The Labute approximate surface area is 122 Å². The molecule has 0 atom stereocenters. The summed E-state index contributed by atoms with van der Waals surface area (Å²) < 4.78 is 15.3. The van der Waals surface area contributed by atoms with E-state index in [1.165, 1.54) is 12.3 Å². The predicted molar refractivity (Wildman–Crippen MR) is 82.4 cm³/mol. The normalized spacial score (nSPS) is 11.4. The van der Waals surface area contributed by atoms with Crippen molar-refractivity contribution in [3.05, 3.63) is 54.1 Å². The Balaban J connectivity index is 2.22. The van der Waals surface area contributed by atoms with E-state index in [-0.39, 0.29) is 5.82 Å². The van der Waals surface area contributed by atoms with Crippen LogP contribution in [0.2, 0.25) is 0 Å². The molecular formula is C16H17FN4. The Morgan fingerprint density at radius 1 is 1.14 bits per heavy atom. The van der Waals surface area contributed by atoms with Crippen LogP contribution in [0.5, 0.6) is 0 Å². The summed E-state index contributed by atoms with van der Waals surface area (Å²) in [6.07, 6.45) is 1.47. The Morgan fingerprint density at radius 2 is 1.86 bits per heavy atom. The maximum absolute atomic E-state index is 13.5. The lowest BCUT2D eigenvalue weighted by molar-refractivity contribution is 0.396. The van der Waals surface area contributed by atoms with Crippen molar-refractivity contribution in [1.82, 2.24) is 14.3 Å². The molecule has 0 unspecified atom stereocenters. The summed E-state index contributed by atoms with van der Waals surface area (Å²) in [6.45, 7) is 0.671. The van der Waals surface area contributed by atoms with E-state index in [9.17, 15) is 4.39 Å². The van der Waals surface area contributed by atoms with Crippen LogP contribution in [0.1, 0.15) is 5.69 Å². The third kappa shape index (κ3) is 2.60. The minimum atomic E-state index is -0.274. The second-order valence-electron chi connectivity index (χ2n) is 5.34. The van der Waals surface area contributed by atoms with Crippen molar-refractivity contribution in [2.24, 2.45) is 0 Å². The van der Waals surface area contributed by atoms with Gasteiger partial charge in [-0.05, 0) is 38.4 Å². The topological polar surface area (TPSA) is 46.6 Å². The number of hydrogen-bond donors (Lipinski definition) is 1. The number of hydrogen-bond acceptors (Lipinski definition) is 3. The number of nitrogens with zero attached hydrogens (tertiary/aromatic N) is 3. The lowest BCUT2D eigenvalue weighted by Crippen LogP contribution is -2.13. The van der Waals surface area contributed by atoms with Crippen LogP contribution in [0.15, 0.2) is 42.6 Å². The third-order valence-electron chi connectivity index (χ3n) is 3.33. The number of anilines is 1. The fourth-order valence-corrected chi connectivity index (χ4v) is 2.39. The molecule has 5 heteroatoms. The largest absolute Gasteiger partial charge is 0.399 e. The first-order valence-electron chi connectivity index (χ1n) is 6.72. The number of rotatable bonds is 3. The summed E-state index contributed by atoms with van der Waals surface area (Å²) in [5, 5.41) is 0. The fraction of sp³-hybridized carbons (Fsp3) is 0.188. The van der Waals surface area contributed by atoms with E-state index in [4.69, 9.17) is 5.73 Å². The number of halogens is 1. The van der Waals surface area contributed by atoms with Crippen molar-refractivity contribution in [3.8, 4) is 11.3 Å². The van der Waals surface area contributed by atoms with E-state index in [1.54, 1.807) is 10.5 Å². The molecule has 0 aliphatic heterocycles. The predicted octanol–water partition coefficient (Wildman–Crippen LogP) is 2.78. The second-order valence-corrected chi connectivity index (χ2v) is 5.34.